The fourth-order valence-corrected chi connectivity index (χ4v) is 5.11. The monoisotopic (exact) mass is 412 g/mol. The highest BCUT2D eigenvalue weighted by molar-refractivity contribution is 5.49. The first-order valence-electron chi connectivity index (χ1n) is 12.2. The third-order valence-corrected chi connectivity index (χ3v) is 7.44. The maximum Gasteiger partial charge on any atom is 0.120 e. The maximum absolute atomic E-state index is 11.1. The molecule has 0 N–H and O–H groups in total. The van der Waals surface area contributed by atoms with Crippen LogP contribution in [0.5, 0.6) is 0 Å². The SMILES string of the molecule is CC(C)=CCC/C(C)=C/C/C(C)=C/CC[C@@]1(C)[C@H](CCC=O)C(=C(C)C)CC[C@@H]1C. The first-order valence-corrected chi connectivity index (χ1v) is 12.2. The van der Waals surface area contributed by atoms with Crippen LogP contribution in [0.2, 0.25) is 0 Å². The first kappa shape index (κ1) is 26.7. The van der Waals surface area contributed by atoms with Gasteiger partial charge in [0.05, 0.1) is 0 Å². The summed E-state index contributed by atoms with van der Waals surface area (Å²) in [4.78, 5) is 11.1. The number of rotatable bonds is 11. The molecule has 0 amide bonds. The molecule has 0 aliphatic heterocycles. The van der Waals surface area contributed by atoms with Gasteiger partial charge in [0.1, 0.15) is 6.29 Å². The van der Waals surface area contributed by atoms with Gasteiger partial charge in [-0.05, 0) is 110 Å². The molecule has 1 saturated carbocycles. The predicted octanol–water partition coefficient (Wildman–Crippen LogP) is 9.16. The standard InChI is InChI=1S/C29H48O/c1-22(2)12-9-13-24(5)16-17-25(6)14-10-20-29(8)26(7)18-19-27(23(3)4)28(29)15-11-21-30/h12,14,16,21,26,28H,9-11,13,15,17-20H2,1-8H3/b24-16+,25-14+/t26-,28+,29+/m0/s1. The zero-order valence-electron chi connectivity index (χ0n) is 21.2. The van der Waals surface area contributed by atoms with Gasteiger partial charge in [0, 0.05) is 6.42 Å². The minimum absolute atomic E-state index is 0.292. The van der Waals surface area contributed by atoms with Gasteiger partial charge < -0.3 is 4.79 Å². The van der Waals surface area contributed by atoms with Crippen molar-refractivity contribution in [3.8, 4) is 0 Å². The summed E-state index contributed by atoms with van der Waals surface area (Å²) in [6.07, 6.45) is 18.3. The van der Waals surface area contributed by atoms with Gasteiger partial charge in [0.25, 0.3) is 0 Å². The minimum atomic E-state index is 0.292. The molecule has 1 fully saturated rings. The predicted molar refractivity (Wildman–Crippen MR) is 134 cm³/mol. The van der Waals surface area contributed by atoms with E-state index in [-0.39, 0.29) is 0 Å². The number of carbonyl (C=O) groups excluding carboxylic acids is 1. The van der Waals surface area contributed by atoms with Crippen molar-refractivity contribution in [2.45, 2.75) is 113 Å². The zero-order chi connectivity index (χ0) is 22.7. The smallest absolute Gasteiger partial charge is 0.120 e. The topological polar surface area (TPSA) is 17.1 Å². The van der Waals surface area contributed by atoms with Crippen LogP contribution in [0.4, 0.5) is 0 Å². The molecule has 0 aromatic carbocycles. The third-order valence-electron chi connectivity index (χ3n) is 7.44. The molecule has 170 valence electrons. The Balaban J connectivity index is 2.76. The molecule has 30 heavy (non-hydrogen) atoms. The summed E-state index contributed by atoms with van der Waals surface area (Å²) in [7, 11) is 0. The van der Waals surface area contributed by atoms with E-state index in [1.807, 2.05) is 0 Å². The Kier molecular flexibility index (Phi) is 11.7. The highest BCUT2D eigenvalue weighted by Gasteiger charge is 2.43. The Labute approximate surface area is 187 Å². The van der Waals surface area contributed by atoms with Crippen LogP contribution in [0.3, 0.4) is 0 Å². The molecule has 0 heterocycles. The molecule has 0 bridgehead atoms. The van der Waals surface area contributed by atoms with E-state index in [1.165, 1.54) is 41.6 Å². The van der Waals surface area contributed by atoms with E-state index in [2.05, 4.69) is 73.6 Å². The molecule has 1 nitrogen and oxygen atoms in total. The molecule has 1 heteroatoms. The molecule has 0 radical (unpaired) electrons. The lowest BCUT2D eigenvalue weighted by molar-refractivity contribution is -0.108. The molecule has 0 aromatic rings. The Bertz CT molecular complexity index is 664. The van der Waals surface area contributed by atoms with Crippen LogP contribution in [0, 0.1) is 17.3 Å². The van der Waals surface area contributed by atoms with Crippen molar-refractivity contribution in [2.75, 3.05) is 0 Å². The molecule has 3 atom stereocenters. The van der Waals surface area contributed by atoms with Crippen LogP contribution in [-0.2, 0) is 4.79 Å². The summed E-state index contributed by atoms with van der Waals surface area (Å²) in [5, 5.41) is 0. The van der Waals surface area contributed by atoms with E-state index in [4.69, 9.17) is 0 Å². The van der Waals surface area contributed by atoms with Crippen molar-refractivity contribution in [1.29, 1.82) is 0 Å². The lowest BCUT2D eigenvalue weighted by Gasteiger charge is -2.49. The van der Waals surface area contributed by atoms with Gasteiger partial charge in [-0.15, -0.1) is 0 Å². The highest BCUT2D eigenvalue weighted by Crippen LogP contribution is 2.53. The van der Waals surface area contributed by atoms with Gasteiger partial charge in [-0.1, -0.05) is 59.9 Å². The van der Waals surface area contributed by atoms with E-state index in [1.54, 1.807) is 5.57 Å². The number of hydrogen-bond donors (Lipinski definition) is 0. The second-order valence-electron chi connectivity index (χ2n) is 10.4. The van der Waals surface area contributed by atoms with Gasteiger partial charge in [0.2, 0.25) is 0 Å². The summed E-state index contributed by atoms with van der Waals surface area (Å²) in [5.41, 5.74) is 7.79. The summed E-state index contributed by atoms with van der Waals surface area (Å²) in [6.45, 7) is 18.3. The molecule has 0 unspecified atom stereocenters. The number of allylic oxidation sites excluding steroid dienone is 8. The number of hydrogen-bond acceptors (Lipinski definition) is 1. The molecule has 0 spiro atoms. The van der Waals surface area contributed by atoms with Crippen LogP contribution >= 0.6 is 0 Å². The fourth-order valence-electron chi connectivity index (χ4n) is 5.11. The first-order chi connectivity index (χ1) is 14.1. The van der Waals surface area contributed by atoms with Crippen molar-refractivity contribution >= 4 is 6.29 Å². The summed E-state index contributed by atoms with van der Waals surface area (Å²) in [6, 6.07) is 0. The summed E-state index contributed by atoms with van der Waals surface area (Å²) in [5.74, 6) is 1.27. The molecule has 1 aliphatic rings. The maximum atomic E-state index is 11.1. The van der Waals surface area contributed by atoms with Crippen LogP contribution in [0.25, 0.3) is 0 Å². The Morgan fingerprint density at radius 3 is 2.27 bits per heavy atom. The lowest BCUT2D eigenvalue weighted by atomic mass is 9.56. The second kappa shape index (κ2) is 13.1. The third kappa shape index (κ3) is 8.40. The summed E-state index contributed by atoms with van der Waals surface area (Å²) >= 11 is 0. The van der Waals surface area contributed by atoms with Gasteiger partial charge in [-0.2, -0.15) is 0 Å². The van der Waals surface area contributed by atoms with Crippen molar-refractivity contribution in [2.24, 2.45) is 17.3 Å². The van der Waals surface area contributed by atoms with Crippen LogP contribution in [0.1, 0.15) is 113 Å². The normalized spacial score (nSPS) is 25.3. The molecular formula is C29H48O. The number of carbonyl (C=O) groups is 1. The van der Waals surface area contributed by atoms with E-state index < -0.39 is 0 Å². The molecular weight excluding hydrogens is 364 g/mol. The van der Waals surface area contributed by atoms with Crippen LogP contribution in [0.15, 0.2) is 46.1 Å². The molecule has 1 rings (SSSR count). The van der Waals surface area contributed by atoms with E-state index >= 15 is 0 Å². The van der Waals surface area contributed by atoms with Gasteiger partial charge in [0.15, 0.2) is 0 Å². The van der Waals surface area contributed by atoms with Crippen LogP contribution in [-0.4, -0.2) is 6.29 Å². The van der Waals surface area contributed by atoms with Gasteiger partial charge >= 0.3 is 0 Å². The van der Waals surface area contributed by atoms with Crippen molar-refractivity contribution in [1.82, 2.24) is 0 Å². The van der Waals surface area contributed by atoms with Crippen molar-refractivity contribution < 1.29 is 4.79 Å². The Morgan fingerprint density at radius 1 is 0.967 bits per heavy atom. The quantitative estimate of drug-likeness (QED) is 0.244. The summed E-state index contributed by atoms with van der Waals surface area (Å²) < 4.78 is 0. The van der Waals surface area contributed by atoms with E-state index in [0.717, 1.165) is 38.4 Å². The van der Waals surface area contributed by atoms with Gasteiger partial charge in [-0.25, -0.2) is 0 Å². The van der Waals surface area contributed by atoms with E-state index in [9.17, 15) is 4.79 Å². The highest BCUT2D eigenvalue weighted by atomic mass is 16.1. The van der Waals surface area contributed by atoms with Crippen molar-refractivity contribution in [3.05, 3.63) is 46.1 Å². The second-order valence-corrected chi connectivity index (χ2v) is 10.4. The lowest BCUT2D eigenvalue weighted by Crippen LogP contribution is -2.39. The Morgan fingerprint density at radius 2 is 1.67 bits per heavy atom. The average Bonchev–Trinajstić information content (AvgIpc) is 2.67. The van der Waals surface area contributed by atoms with Crippen LogP contribution < -0.4 is 0 Å². The van der Waals surface area contributed by atoms with Crippen molar-refractivity contribution in [3.63, 3.8) is 0 Å². The Hall–Kier alpha value is -1.37. The largest absolute Gasteiger partial charge is 0.303 e. The molecule has 0 saturated heterocycles. The number of aldehydes is 1. The fraction of sp³-hybridized carbons (Fsp3) is 0.690. The molecule has 0 aromatic heterocycles. The van der Waals surface area contributed by atoms with Gasteiger partial charge in [-0.3, -0.25) is 0 Å². The minimum Gasteiger partial charge on any atom is -0.303 e. The zero-order valence-corrected chi connectivity index (χ0v) is 21.2. The average molecular weight is 413 g/mol. The molecule has 1 aliphatic carbocycles. The van der Waals surface area contributed by atoms with E-state index in [0.29, 0.717) is 23.7 Å².